The van der Waals surface area contributed by atoms with Crippen LogP contribution >= 0.6 is 22.6 Å². The number of alkyl halides is 1. The normalized spacial score (nSPS) is 19.6. The van der Waals surface area contributed by atoms with Crippen LogP contribution in [-0.4, -0.2) is 28.1 Å². The molecule has 1 aliphatic heterocycles. The molecule has 0 saturated carbocycles. The number of ether oxygens (including phenoxy) is 1. The van der Waals surface area contributed by atoms with Crippen LogP contribution in [0.5, 0.6) is 0 Å². The summed E-state index contributed by atoms with van der Waals surface area (Å²) < 4.78 is 5.23. The van der Waals surface area contributed by atoms with E-state index in [1.807, 2.05) is 27.7 Å². The highest BCUT2D eigenvalue weighted by atomic mass is 127. The number of carbonyl (C=O) groups excluding carboxylic acids is 1. The first-order valence-corrected chi connectivity index (χ1v) is 6.94. The molecule has 3 nitrogen and oxygen atoms in total. The molecule has 1 rings (SSSR count). The van der Waals surface area contributed by atoms with E-state index in [9.17, 15) is 4.79 Å². The van der Waals surface area contributed by atoms with Gasteiger partial charge in [-0.3, -0.25) is 4.79 Å². The summed E-state index contributed by atoms with van der Waals surface area (Å²) >= 11 is 2.13. The molecule has 4 heteroatoms. The second-order valence-corrected chi connectivity index (χ2v) is 8.19. The molecule has 0 amide bonds. The van der Waals surface area contributed by atoms with E-state index < -0.39 is 3.42 Å². The summed E-state index contributed by atoms with van der Waals surface area (Å²) in [6.45, 7) is 9.88. The van der Waals surface area contributed by atoms with Crippen LogP contribution in [0.15, 0.2) is 0 Å². The van der Waals surface area contributed by atoms with Gasteiger partial charge in [-0.15, -0.1) is 0 Å². The van der Waals surface area contributed by atoms with E-state index in [2.05, 4.69) is 27.9 Å². The number of carbonyl (C=O) groups is 1. The van der Waals surface area contributed by atoms with Crippen molar-refractivity contribution in [1.29, 1.82) is 0 Å². The van der Waals surface area contributed by atoms with E-state index in [4.69, 9.17) is 4.74 Å². The molecule has 0 aromatic carbocycles. The number of hydrogen-bond acceptors (Lipinski definition) is 3. The summed E-state index contributed by atoms with van der Waals surface area (Å²) in [5.41, 5.74) is -0.346. The molecule has 16 heavy (non-hydrogen) atoms. The zero-order chi connectivity index (χ0) is 12.4. The fourth-order valence-electron chi connectivity index (χ4n) is 1.96. The van der Waals surface area contributed by atoms with Crippen molar-refractivity contribution in [3.63, 3.8) is 0 Å². The predicted octanol–water partition coefficient (Wildman–Crippen LogP) is 2.52. The highest BCUT2D eigenvalue weighted by Crippen LogP contribution is 2.31. The Bertz CT molecular complexity index is 252. The van der Waals surface area contributed by atoms with Gasteiger partial charge in [-0.1, -0.05) is 22.6 Å². The molecule has 0 spiro atoms. The van der Waals surface area contributed by atoms with Gasteiger partial charge in [0.1, 0.15) is 9.02 Å². The lowest BCUT2D eigenvalue weighted by Crippen LogP contribution is -2.45. The third-order valence-corrected chi connectivity index (χ3v) is 3.60. The zero-order valence-electron chi connectivity index (χ0n) is 10.6. The van der Waals surface area contributed by atoms with Gasteiger partial charge in [0.25, 0.3) is 0 Å². The molecule has 0 bridgehead atoms. The third kappa shape index (κ3) is 3.87. The summed E-state index contributed by atoms with van der Waals surface area (Å²) in [7, 11) is 0. The lowest BCUT2D eigenvalue weighted by atomic mass is 9.83. The van der Waals surface area contributed by atoms with Gasteiger partial charge < -0.3 is 10.1 Å². The van der Waals surface area contributed by atoms with Crippen molar-refractivity contribution in [2.24, 2.45) is 5.92 Å². The smallest absolute Gasteiger partial charge is 0.321 e. The topological polar surface area (TPSA) is 38.3 Å². The highest BCUT2D eigenvalue weighted by molar-refractivity contribution is 14.1. The molecular formula is C12H22INO2. The van der Waals surface area contributed by atoms with Gasteiger partial charge in [-0.25, -0.2) is 0 Å². The Kier molecular flexibility index (Phi) is 4.63. The highest BCUT2D eigenvalue weighted by Gasteiger charge is 2.37. The van der Waals surface area contributed by atoms with E-state index in [1.165, 1.54) is 0 Å². The van der Waals surface area contributed by atoms with Crippen molar-refractivity contribution in [1.82, 2.24) is 5.32 Å². The van der Waals surface area contributed by atoms with E-state index >= 15 is 0 Å². The average Bonchev–Trinajstić information content (AvgIpc) is 2.17. The molecule has 0 aromatic heterocycles. The first-order chi connectivity index (χ1) is 7.23. The van der Waals surface area contributed by atoms with Crippen LogP contribution in [-0.2, 0) is 9.53 Å². The van der Waals surface area contributed by atoms with Gasteiger partial charge in [0.15, 0.2) is 0 Å². The van der Waals surface area contributed by atoms with Crippen LogP contribution in [0.1, 0.15) is 40.5 Å². The van der Waals surface area contributed by atoms with Crippen LogP contribution in [0.2, 0.25) is 0 Å². The van der Waals surface area contributed by atoms with Crippen molar-refractivity contribution in [3.8, 4) is 0 Å². The van der Waals surface area contributed by atoms with Gasteiger partial charge >= 0.3 is 5.97 Å². The molecule has 94 valence electrons. The maximum absolute atomic E-state index is 11.9. The lowest BCUT2D eigenvalue weighted by Gasteiger charge is -2.38. The van der Waals surface area contributed by atoms with Crippen LogP contribution in [0, 0.1) is 5.92 Å². The molecule has 1 N–H and O–H groups in total. The SMILES string of the molecule is CC(C)(I)C(=O)OC(C)(C)C1CCNCC1. The number of piperidine rings is 1. The van der Waals surface area contributed by atoms with Crippen LogP contribution in [0.3, 0.4) is 0 Å². The fourth-order valence-corrected chi connectivity index (χ4v) is 2.07. The summed E-state index contributed by atoms with van der Waals surface area (Å²) in [5.74, 6) is 0.355. The van der Waals surface area contributed by atoms with Crippen molar-refractivity contribution >= 4 is 28.6 Å². The third-order valence-electron chi connectivity index (χ3n) is 3.16. The Morgan fingerprint density at radius 1 is 1.25 bits per heavy atom. The minimum atomic E-state index is -0.443. The number of esters is 1. The van der Waals surface area contributed by atoms with Gasteiger partial charge in [-0.2, -0.15) is 0 Å². The Morgan fingerprint density at radius 3 is 2.19 bits per heavy atom. The van der Waals surface area contributed by atoms with E-state index in [1.54, 1.807) is 0 Å². The minimum Gasteiger partial charge on any atom is -0.458 e. The number of rotatable bonds is 3. The molecule has 1 saturated heterocycles. The molecule has 1 heterocycles. The molecule has 0 atom stereocenters. The van der Waals surface area contributed by atoms with Crippen molar-refractivity contribution in [3.05, 3.63) is 0 Å². The van der Waals surface area contributed by atoms with Crippen molar-refractivity contribution < 1.29 is 9.53 Å². The maximum Gasteiger partial charge on any atom is 0.321 e. The standard InChI is InChI=1S/C12H22INO2/c1-11(2,13)10(15)16-12(3,4)9-5-7-14-8-6-9/h9,14H,5-8H2,1-4H3. The Balaban J connectivity index is 2.59. The Labute approximate surface area is 112 Å². The quantitative estimate of drug-likeness (QED) is 0.488. The summed E-state index contributed by atoms with van der Waals surface area (Å²) in [5, 5.41) is 3.33. The molecule has 0 aromatic rings. The predicted molar refractivity (Wildman–Crippen MR) is 73.9 cm³/mol. The Morgan fingerprint density at radius 2 is 1.75 bits per heavy atom. The van der Waals surface area contributed by atoms with Gasteiger partial charge in [0.05, 0.1) is 0 Å². The van der Waals surface area contributed by atoms with Gasteiger partial charge in [0, 0.05) is 5.92 Å². The molecule has 1 fully saturated rings. The summed E-state index contributed by atoms with van der Waals surface area (Å²) in [4.78, 5) is 11.9. The first-order valence-electron chi connectivity index (χ1n) is 5.86. The molecule has 1 aliphatic rings. The zero-order valence-corrected chi connectivity index (χ0v) is 12.8. The van der Waals surface area contributed by atoms with E-state index in [0.29, 0.717) is 5.92 Å². The van der Waals surface area contributed by atoms with Gasteiger partial charge in [0.2, 0.25) is 0 Å². The number of halogens is 1. The van der Waals surface area contributed by atoms with E-state index in [-0.39, 0.29) is 11.6 Å². The average molecular weight is 339 g/mol. The Hall–Kier alpha value is 0.160. The molecular weight excluding hydrogens is 317 g/mol. The van der Waals surface area contributed by atoms with Crippen LogP contribution in [0.25, 0.3) is 0 Å². The van der Waals surface area contributed by atoms with Crippen LogP contribution in [0.4, 0.5) is 0 Å². The fraction of sp³-hybridized carbons (Fsp3) is 0.917. The lowest BCUT2D eigenvalue weighted by molar-refractivity contribution is -0.164. The number of hydrogen-bond donors (Lipinski definition) is 1. The molecule has 0 aliphatic carbocycles. The van der Waals surface area contributed by atoms with Crippen molar-refractivity contribution in [2.45, 2.75) is 49.6 Å². The first kappa shape index (κ1) is 14.2. The van der Waals surface area contributed by atoms with Gasteiger partial charge in [-0.05, 0) is 53.6 Å². The summed E-state index contributed by atoms with van der Waals surface area (Å²) in [6, 6.07) is 0. The second kappa shape index (κ2) is 5.21. The molecule has 0 radical (unpaired) electrons. The number of nitrogens with one attached hydrogen (secondary N) is 1. The van der Waals surface area contributed by atoms with Crippen molar-refractivity contribution in [2.75, 3.05) is 13.1 Å². The monoisotopic (exact) mass is 339 g/mol. The minimum absolute atomic E-state index is 0.114. The second-order valence-electron chi connectivity index (χ2n) is 5.49. The van der Waals surface area contributed by atoms with E-state index in [0.717, 1.165) is 25.9 Å². The largest absolute Gasteiger partial charge is 0.458 e. The van der Waals surface area contributed by atoms with Crippen LogP contribution < -0.4 is 5.32 Å². The maximum atomic E-state index is 11.9. The summed E-state index contributed by atoms with van der Waals surface area (Å²) in [6.07, 6.45) is 2.17. The molecule has 0 unspecified atom stereocenters.